The van der Waals surface area contributed by atoms with Gasteiger partial charge in [-0.15, -0.1) is 0 Å². The normalized spacial score (nSPS) is 24.8. The molecule has 1 unspecified atom stereocenters. The summed E-state index contributed by atoms with van der Waals surface area (Å²) in [6.07, 6.45) is 6.53. The quantitative estimate of drug-likeness (QED) is 0.524. The lowest BCUT2D eigenvalue weighted by molar-refractivity contribution is 0.328. The van der Waals surface area contributed by atoms with Gasteiger partial charge in [0.05, 0.1) is 0 Å². The summed E-state index contributed by atoms with van der Waals surface area (Å²) in [6, 6.07) is 0. The third-order valence-corrected chi connectivity index (χ3v) is 3.36. The molecule has 76 valence electrons. The molecule has 0 aromatic heterocycles. The van der Waals surface area contributed by atoms with Gasteiger partial charge in [0.15, 0.2) is 0 Å². The number of hydrogen-bond acceptors (Lipinski definition) is 0. The van der Waals surface area contributed by atoms with E-state index in [0.717, 1.165) is 11.8 Å². The second-order valence-electron chi connectivity index (χ2n) is 5.76. The lowest BCUT2D eigenvalue weighted by Gasteiger charge is -2.31. The molecule has 0 heteroatoms. The van der Waals surface area contributed by atoms with Crippen LogP contribution in [0.4, 0.5) is 0 Å². The molecule has 0 aromatic carbocycles. The van der Waals surface area contributed by atoms with Crippen LogP contribution < -0.4 is 0 Å². The topological polar surface area (TPSA) is 0 Å². The largest absolute Gasteiger partial charge is 0.0845 e. The molecule has 1 aliphatic carbocycles. The van der Waals surface area contributed by atoms with Crippen molar-refractivity contribution in [2.45, 2.75) is 53.9 Å². The van der Waals surface area contributed by atoms with E-state index in [0.29, 0.717) is 5.41 Å². The van der Waals surface area contributed by atoms with Gasteiger partial charge in [0.25, 0.3) is 0 Å². The summed E-state index contributed by atoms with van der Waals surface area (Å²) in [5, 5.41) is 0. The smallest absolute Gasteiger partial charge is 0.0173 e. The molecular weight excluding hydrogens is 156 g/mol. The van der Waals surface area contributed by atoms with Crippen LogP contribution in [-0.4, -0.2) is 0 Å². The summed E-state index contributed by atoms with van der Waals surface area (Å²) in [4.78, 5) is 0. The number of hydrogen-bond donors (Lipinski definition) is 0. The van der Waals surface area contributed by atoms with Crippen LogP contribution in [0.25, 0.3) is 0 Å². The highest BCUT2D eigenvalue weighted by Crippen LogP contribution is 2.37. The van der Waals surface area contributed by atoms with Gasteiger partial charge in [-0.25, -0.2) is 0 Å². The Labute approximate surface area is 83.4 Å². The van der Waals surface area contributed by atoms with Gasteiger partial charge in [0, 0.05) is 0 Å². The van der Waals surface area contributed by atoms with Crippen molar-refractivity contribution in [3.63, 3.8) is 0 Å². The second kappa shape index (κ2) is 3.86. The Hall–Kier alpha value is -0.260. The maximum absolute atomic E-state index is 2.49. The summed E-state index contributed by atoms with van der Waals surface area (Å²) in [5.41, 5.74) is 2.08. The monoisotopic (exact) mass is 180 g/mol. The van der Waals surface area contributed by atoms with Crippen LogP contribution in [-0.2, 0) is 0 Å². The zero-order chi connectivity index (χ0) is 10.1. The van der Waals surface area contributed by atoms with Crippen LogP contribution in [0.3, 0.4) is 0 Å². The summed E-state index contributed by atoms with van der Waals surface area (Å²) in [5.74, 6) is 1.80. The Kier molecular flexibility index (Phi) is 3.21. The molecule has 1 atom stereocenters. The first kappa shape index (κ1) is 10.8. The van der Waals surface area contributed by atoms with E-state index in [1.165, 1.54) is 19.3 Å². The van der Waals surface area contributed by atoms with E-state index in [-0.39, 0.29) is 0 Å². The van der Waals surface area contributed by atoms with E-state index in [4.69, 9.17) is 0 Å². The van der Waals surface area contributed by atoms with E-state index in [1.807, 2.05) is 0 Å². The molecule has 13 heavy (non-hydrogen) atoms. The molecule has 0 N–H and O–H groups in total. The zero-order valence-corrected chi connectivity index (χ0v) is 9.85. The minimum Gasteiger partial charge on any atom is -0.0845 e. The van der Waals surface area contributed by atoms with E-state index >= 15 is 0 Å². The van der Waals surface area contributed by atoms with Gasteiger partial charge >= 0.3 is 0 Å². The first-order valence-corrected chi connectivity index (χ1v) is 5.61. The van der Waals surface area contributed by atoms with E-state index < -0.39 is 0 Å². The van der Waals surface area contributed by atoms with Crippen LogP contribution >= 0.6 is 0 Å². The lowest BCUT2D eigenvalue weighted by Crippen LogP contribution is -2.18. The van der Waals surface area contributed by atoms with Crippen LogP contribution in [0.2, 0.25) is 0 Å². The van der Waals surface area contributed by atoms with Crippen molar-refractivity contribution in [2.75, 3.05) is 0 Å². The Morgan fingerprint density at radius 1 is 1.31 bits per heavy atom. The standard InChI is InChI=1S/C13H24/c1-10(2)11-6-8-12(9-7-11)13(3,4)5/h8,10-11H,6-7,9H2,1-5H3. The Balaban J connectivity index is 2.58. The molecule has 0 fully saturated rings. The van der Waals surface area contributed by atoms with Gasteiger partial charge in [-0.3, -0.25) is 0 Å². The first-order valence-electron chi connectivity index (χ1n) is 5.61. The fourth-order valence-electron chi connectivity index (χ4n) is 2.14. The average molecular weight is 180 g/mol. The average Bonchev–Trinajstić information content (AvgIpc) is 2.03. The van der Waals surface area contributed by atoms with Crippen molar-refractivity contribution >= 4 is 0 Å². The molecule has 0 aliphatic heterocycles. The van der Waals surface area contributed by atoms with Crippen LogP contribution in [0, 0.1) is 17.3 Å². The fraction of sp³-hybridized carbons (Fsp3) is 0.846. The molecule has 0 amide bonds. The van der Waals surface area contributed by atoms with Crippen molar-refractivity contribution < 1.29 is 0 Å². The highest BCUT2D eigenvalue weighted by Gasteiger charge is 2.23. The second-order valence-corrected chi connectivity index (χ2v) is 5.76. The minimum atomic E-state index is 0.405. The summed E-state index contributed by atoms with van der Waals surface area (Å²) in [6.45, 7) is 11.7. The highest BCUT2D eigenvalue weighted by molar-refractivity contribution is 5.13. The molecule has 0 bridgehead atoms. The molecule has 0 nitrogen and oxygen atoms in total. The maximum Gasteiger partial charge on any atom is -0.0173 e. The van der Waals surface area contributed by atoms with Gasteiger partial charge in [0.2, 0.25) is 0 Å². The summed E-state index contributed by atoms with van der Waals surface area (Å²) >= 11 is 0. The lowest BCUT2D eigenvalue weighted by atomic mass is 9.75. The number of allylic oxidation sites excluding steroid dienone is 2. The summed E-state index contributed by atoms with van der Waals surface area (Å²) in [7, 11) is 0. The van der Waals surface area contributed by atoms with Crippen molar-refractivity contribution in [3.05, 3.63) is 11.6 Å². The molecule has 0 spiro atoms. The summed E-state index contributed by atoms with van der Waals surface area (Å²) < 4.78 is 0. The number of rotatable bonds is 1. The first-order chi connectivity index (χ1) is 5.91. The molecule has 1 aliphatic rings. The van der Waals surface area contributed by atoms with Crippen LogP contribution in [0.1, 0.15) is 53.9 Å². The molecule has 0 saturated heterocycles. The van der Waals surface area contributed by atoms with E-state index in [2.05, 4.69) is 40.7 Å². The predicted molar refractivity (Wildman–Crippen MR) is 59.7 cm³/mol. The minimum absolute atomic E-state index is 0.405. The third kappa shape index (κ3) is 2.86. The fourth-order valence-corrected chi connectivity index (χ4v) is 2.14. The van der Waals surface area contributed by atoms with Gasteiger partial charge < -0.3 is 0 Å². The Morgan fingerprint density at radius 2 is 1.92 bits per heavy atom. The van der Waals surface area contributed by atoms with Gasteiger partial charge in [-0.05, 0) is 36.5 Å². The zero-order valence-electron chi connectivity index (χ0n) is 9.85. The third-order valence-electron chi connectivity index (χ3n) is 3.36. The van der Waals surface area contributed by atoms with Crippen molar-refractivity contribution in [3.8, 4) is 0 Å². The Bertz CT molecular complexity index is 191. The molecule has 0 radical (unpaired) electrons. The highest BCUT2D eigenvalue weighted by atomic mass is 14.3. The molecule has 0 heterocycles. The van der Waals surface area contributed by atoms with Gasteiger partial charge in [-0.2, -0.15) is 0 Å². The van der Waals surface area contributed by atoms with Crippen molar-refractivity contribution in [2.24, 2.45) is 17.3 Å². The molecule has 0 saturated carbocycles. The van der Waals surface area contributed by atoms with Gasteiger partial charge in [0.1, 0.15) is 0 Å². The van der Waals surface area contributed by atoms with E-state index in [1.54, 1.807) is 5.57 Å². The molecular formula is C13H24. The molecule has 0 aromatic rings. The molecule has 1 rings (SSSR count). The van der Waals surface area contributed by atoms with Crippen LogP contribution in [0.15, 0.2) is 11.6 Å². The van der Waals surface area contributed by atoms with Crippen molar-refractivity contribution in [1.82, 2.24) is 0 Å². The van der Waals surface area contributed by atoms with Gasteiger partial charge in [-0.1, -0.05) is 46.3 Å². The SMILES string of the molecule is CC(C)C1CC=C(C(C)(C)C)CC1. The van der Waals surface area contributed by atoms with E-state index in [9.17, 15) is 0 Å². The van der Waals surface area contributed by atoms with Crippen molar-refractivity contribution in [1.29, 1.82) is 0 Å². The Morgan fingerprint density at radius 3 is 2.23 bits per heavy atom. The maximum atomic E-state index is 2.49. The van der Waals surface area contributed by atoms with Crippen LogP contribution in [0.5, 0.6) is 0 Å². The predicted octanol–water partition coefficient (Wildman–Crippen LogP) is 4.42.